The summed E-state index contributed by atoms with van der Waals surface area (Å²) in [6.07, 6.45) is 0.920. The predicted octanol–water partition coefficient (Wildman–Crippen LogP) is 0.0860. The average Bonchev–Trinajstić information content (AvgIpc) is 2.38. The molecule has 0 aromatic heterocycles. The van der Waals surface area contributed by atoms with E-state index in [9.17, 15) is 9.59 Å². The summed E-state index contributed by atoms with van der Waals surface area (Å²) in [5, 5.41) is 2.83. The van der Waals surface area contributed by atoms with E-state index in [1.807, 2.05) is 30.3 Å². The van der Waals surface area contributed by atoms with Gasteiger partial charge in [-0.3, -0.25) is 15.0 Å². The van der Waals surface area contributed by atoms with E-state index in [0.717, 1.165) is 5.56 Å². The van der Waals surface area contributed by atoms with Gasteiger partial charge in [0.05, 0.1) is 0 Å². The van der Waals surface area contributed by atoms with Crippen molar-refractivity contribution in [3.63, 3.8) is 0 Å². The molecule has 0 aliphatic carbocycles. The molecule has 2 rings (SSSR count). The number of hydrogen-bond acceptors (Lipinski definition) is 3. The molecular weight excluding hydrogens is 218 g/mol. The van der Waals surface area contributed by atoms with E-state index in [1.54, 1.807) is 0 Å². The summed E-state index contributed by atoms with van der Waals surface area (Å²) in [7, 11) is 0. The van der Waals surface area contributed by atoms with Crippen molar-refractivity contribution in [2.75, 3.05) is 0 Å². The minimum atomic E-state index is -0.337. The van der Waals surface area contributed by atoms with Crippen molar-refractivity contribution in [1.29, 1.82) is 0 Å². The third kappa shape index (κ3) is 3.29. The molecule has 1 aromatic carbocycles. The normalized spacial score (nSPS) is 19.5. The number of amides is 2. The lowest BCUT2D eigenvalue weighted by molar-refractivity contribution is -0.129. The molecule has 0 radical (unpaired) electrons. The van der Waals surface area contributed by atoms with Crippen LogP contribution in [0.15, 0.2) is 30.3 Å². The number of carbonyl (C=O) groups is 2. The van der Waals surface area contributed by atoms with Crippen molar-refractivity contribution in [3.8, 4) is 0 Å². The summed E-state index contributed by atoms with van der Waals surface area (Å²) in [4.78, 5) is 22.7. The van der Waals surface area contributed by atoms with Gasteiger partial charge in [0.2, 0.25) is 11.8 Å². The van der Waals surface area contributed by atoms with Crippen LogP contribution in [0.2, 0.25) is 0 Å². The van der Waals surface area contributed by atoms with E-state index in [2.05, 4.69) is 16.2 Å². The highest BCUT2D eigenvalue weighted by molar-refractivity contribution is 5.85. The lowest BCUT2D eigenvalue weighted by Gasteiger charge is -2.22. The van der Waals surface area contributed by atoms with Crippen molar-refractivity contribution >= 4 is 11.8 Å². The molecule has 1 heterocycles. The Morgan fingerprint density at radius 1 is 1.35 bits per heavy atom. The molecule has 0 saturated carbocycles. The molecule has 5 nitrogen and oxygen atoms in total. The van der Waals surface area contributed by atoms with E-state index in [-0.39, 0.29) is 17.9 Å². The maximum atomic E-state index is 11.8. The Morgan fingerprint density at radius 3 is 2.76 bits per heavy atom. The van der Waals surface area contributed by atoms with Gasteiger partial charge in [-0.2, -0.15) is 0 Å². The second kappa shape index (κ2) is 5.45. The number of benzene rings is 1. The molecule has 2 amide bonds. The lowest BCUT2D eigenvalue weighted by atomic mass is 10.1. The highest BCUT2D eigenvalue weighted by atomic mass is 16.2. The summed E-state index contributed by atoms with van der Waals surface area (Å²) >= 11 is 0. The zero-order valence-electron chi connectivity index (χ0n) is 9.40. The fourth-order valence-corrected chi connectivity index (χ4v) is 1.68. The average molecular weight is 233 g/mol. The minimum Gasteiger partial charge on any atom is -0.351 e. The first-order valence-corrected chi connectivity index (χ1v) is 5.62. The fraction of sp³-hybridized carbons (Fsp3) is 0.333. The number of nitrogens with one attached hydrogen (secondary N) is 3. The van der Waals surface area contributed by atoms with Crippen LogP contribution in [0, 0.1) is 0 Å². The van der Waals surface area contributed by atoms with Gasteiger partial charge in [-0.25, -0.2) is 5.43 Å². The Labute approximate surface area is 99.6 Å². The Bertz CT molecular complexity index is 395. The lowest BCUT2D eigenvalue weighted by Crippen LogP contribution is -2.55. The van der Waals surface area contributed by atoms with E-state index in [0.29, 0.717) is 19.4 Å². The molecule has 5 heteroatoms. The van der Waals surface area contributed by atoms with Gasteiger partial charge in [0.1, 0.15) is 6.04 Å². The second-order valence-corrected chi connectivity index (χ2v) is 3.99. The largest absolute Gasteiger partial charge is 0.351 e. The zero-order valence-corrected chi connectivity index (χ0v) is 9.40. The molecule has 1 saturated heterocycles. The van der Waals surface area contributed by atoms with Crippen LogP contribution in [-0.2, 0) is 16.1 Å². The number of hydrazine groups is 1. The quantitative estimate of drug-likeness (QED) is 0.692. The zero-order chi connectivity index (χ0) is 12.1. The van der Waals surface area contributed by atoms with Crippen molar-refractivity contribution < 1.29 is 9.59 Å². The number of hydrogen-bond donors (Lipinski definition) is 3. The van der Waals surface area contributed by atoms with Crippen LogP contribution in [0.1, 0.15) is 18.4 Å². The highest BCUT2D eigenvalue weighted by Crippen LogP contribution is 2.03. The van der Waals surface area contributed by atoms with Crippen LogP contribution >= 0.6 is 0 Å². The summed E-state index contributed by atoms with van der Waals surface area (Å²) in [5.41, 5.74) is 6.21. The standard InChI is InChI=1S/C12H15N3O2/c16-11-7-6-10(14-15-11)12(17)13-8-9-4-2-1-3-5-9/h1-5,10,14H,6-8H2,(H,13,17)(H,15,16). The summed E-state index contributed by atoms with van der Waals surface area (Å²) in [6, 6.07) is 9.37. The summed E-state index contributed by atoms with van der Waals surface area (Å²) in [5.74, 6) is -0.161. The van der Waals surface area contributed by atoms with E-state index < -0.39 is 0 Å². The first-order valence-electron chi connectivity index (χ1n) is 5.62. The van der Waals surface area contributed by atoms with Crippen LogP contribution in [0.4, 0.5) is 0 Å². The van der Waals surface area contributed by atoms with Crippen molar-refractivity contribution in [2.24, 2.45) is 0 Å². The number of carbonyl (C=O) groups excluding carboxylic acids is 2. The third-order valence-electron chi connectivity index (χ3n) is 2.67. The van der Waals surface area contributed by atoms with Crippen LogP contribution in [-0.4, -0.2) is 17.9 Å². The Kier molecular flexibility index (Phi) is 3.72. The van der Waals surface area contributed by atoms with E-state index in [4.69, 9.17) is 0 Å². The molecule has 1 unspecified atom stereocenters. The van der Waals surface area contributed by atoms with Gasteiger partial charge in [0.25, 0.3) is 0 Å². The Morgan fingerprint density at radius 2 is 2.12 bits per heavy atom. The molecular formula is C12H15N3O2. The molecule has 1 aliphatic heterocycles. The second-order valence-electron chi connectivity index (χ2n) is 3.99. The van der Waals surface area contributed by atoms with Gasteiger partial charge >= 0.3 is 0 Å². The van der Waals surface area contributed by atoms with Gasteiger partial charge in [0, 0.05) is 13.0 Å². The van der Waals surface area contributed by atoms with Gasteiger partial charge in [-0.1, -0.05) is 30.3 Å². The van der Waals surface area contributed by atoms with Crippen molar-refractivity contribution in [1.82, 2.24) is 16.2 Å². The van der Waals surface area contributed by atoms with Crippen LogP contribution in [0.25, 0.3) is 0 Å². The molecule has 1 aromatic rings. The monoisotopic (exact) mass is 233 g/mol. The van der Waals surface area contributed by atoms with Crippen molar-refractivity contribution in [2.45, 2.75) is 25.4 Å². The molecule has 17 heavy (non-hydrogen) atoms. The smallest absolute Gasteiger partial charge is 0.239 e. The maximum absolute atomic E-state index is 11.8. The van der Waals surface area contributed by atoms with E-state index in [1.165, 1.54) is 0 Å². The predicted molar refractivity (Wildman–Crippen MR) is 62.6 cm³/mol. The maximum Gasteiger partial charge on any atom is 0.239 e. The van der Waals surface area contributed by atoms with Gasteiger partial charge in [-0.15, -0.1) is 0 Å². The first-order chi connectivity index (χ1) is 8.25. The van der Waals surface area contributed by atoms with Crippen LogP contribution in [0.3, 0.4) is 0 Å². The molecule has 1 aliphatic rings. The Balaban J connectivity index is 1.80. The van der Waals surface area contributed by atoms with Gasteiger partial charge in [0.15, 0.2) is 0 Å². The van der Waals surface area contributed by atoms with E-state index >= 15 is 0 Å². The molecule has 1 fully saturated rings. The van der Waals surface area contributed by atoms with Gasteiger partial charge in [-0.05, 0) is 12.0 Å². The molecule has 90 valence electrons. The first kappa shape index (κ1) is 11.6. The summed E-state index contributed by atoms with van der Waals surface area (Å²) in [6.45, 7) is 0.506. The Hall–Kier alpha value is -1.88. The molecule has 3 N–H and O–H groups in total. The molecule has 0 spiro atoms. The highest BCUT2D eigenvalue weighted by Gasteiger charge is 2.23. The van der Waals surface area contributed by atoms with Gasteiger partial charge < -0.3 is 5.32 Å². The molecule has 1 atom stereocenters. The van der Waals surface area contributed by atoms with Crippen molar-refractivity contribution in [3.05, 3.63) is 35.9 Å². The fourth-order valence-electron chi connectivity index (χ4n) is 1.68. The molecule has 0 bridgehead atoms. The topological polar surface area (TPSA) is 70.2 Å². The van der Waals surface area contributed by atoms with Crippen LogP contribution < -0.4 is 16.2 Å². The minimum absolute atomic E-state index is 0.0721. The number of rotatable bonds is 3. The van der Waals surface area contributed by atoms with Crippen LogP contribution in [0.5, 0.6) is 0 Å². The third-order valence-corrected chi connectivity index (χ3v) is 2.67. The SMILES string of the molecule is O=C1CCC(C(=O)NCc2ccccc2)NN1. The summed E-state index contributed by atoms with van der Waals surface area (Å²) < 4.78 is 0.